The zero-order chi connectivity index (χ0) is 14.0. The molecule has 0 radical (unpaired) electrons. The number of halogens is 2. The summed E-state index contributed by atoms with van der Waals surface area (Å²) in [5.74, 6) is 0.790. The van der Waals surface area contributed by atoms with Gasteiger partial charge in [0.2, 0.25) is 0 Å². The molecule has 4 heteroatoms. The maximum Gasteiger partial charge on any atom is 0.133 e. The predicted octanol–water partition coefficient (Wildman–Crippen LogP) is 4.47. The summed E-state index contributed by atoms with van der Waals surface area (Å²) < 4.78 is 6.10. The quantitative estimate of drug-likeness (QED) is 0.895. The van der Waals surface area contributed by atoms with E-state index in [4.69, 9.17) is 22.1 Å². The summed E-state index contributed by atoms with van der Waals surface area (Å²) in [7, 11) is 1.64. The molecule has 2 nitrogen and oxygen atoms in total. The van der Waals surface area contributed by atoms with Gasteiger partial charge in [-0.15, -0.1) is 0 Å². The molecule has 0 heterocycles. The van der Waals surface area contributed by atoms with Crippen LogP contribution in [0.1, 0.15) is 22.7 Å². The molecule has 1 atom stereocenters. The van der Waals surface area contributed by atoms with Crippen molar-refractivity contribution >= 4 is 27.5 Å². The number of ether oxygens (including phenoxy) is 1. The molecule has 0 aromatic heterocycles. The Labute approximate surface area is 126 Å². The highest BCUT2D eigenvalue weighted by molar-refractivity contribution is 9.10. The lowest BCUT2D eigenvalue weighted by atomic mass is 9.98. The minimum atomic E-state index is -0.208. The van der Waals surface area contributed by atoms with Gasteiger partial charge in [-0.1, -0.05) is 29.8 Å². The third-order valence-electron chi connectivity index (χ3n) is 3.09. The maximum absolute atomic E-state index is 6.28. The largest absolute Gasteiger partial charge is 0.496 e. The Morgan fingerprint density at radius 1 is 1.16 bits per heavy atom. The number of aryl methyl sites for hydroxylation is 1. The fraction of sp³-hybridized carbons (Fsp3) is 0.200. The third-order valence-corrected chi connectivity index (χ3v) is 4.12. The van der Waals surface area contributed by atoms with Crippen LogP contribution in [0.4, 0.5) is 0 Å². The van der Waals surface area contributed by atoms with E-state index >= 15 is 0 Å². The Bertz CT molecular complexity index is 601. The van der Waals surface area contributed by atoms with Crippen molar-refractivity contribution in [3.8, 4) is 5.75 Å². The van der Waals surface area contributed by atoms with Gasteiger partial charge < -0.3 is 10.5 Å². The summed E-state index contributed by atoms with van der Waals surface area (Å²) in [5.41, 5.74) is 9.33. The van der Waals surface area contributed by atoms with E-state index in [2.05, 4.69) is 15.9 Å². The molecule has 19 heavy (non-hydrogen) atoms. The van der Waals surface area contributed by atoms with Crippen molar-refractivity contribution in [2.45, 2.75) is 13.0 Å². The molecular weight excluding hydrogens is 326 g/mol. The van der Waals surface area contributed by atoms with Crippen LogP contribution in [0.3, 0.4) is 0 Å². The number of nitrogens with two attached hydrogens (primary N) is 1. The van der Waals surface area contributed by atoms with Gasteiger partial charge in [0.25, 0.3) is 0 Å². The van der Waals surface area contributed by atoms with Gasteiger partial charge in [-0.05, 0) is 57.7 Å². The van der Waals surface area contributed by atoms with E-state index in [0.717, 1.165) is 31.9 Å². The number of hydrogen-bond acceptors (Lipinski definition) is 2. The molecule has 0 aliphatic carbocycles. The number of rotatable bonds is 3. The molecule has 1 unspecified atom stereocenters. The van der Waals surface area contributed by atoms with Gasteiger partial charge in [0.05, 0.1) is 17.6 Å². The smallest absolute Gasteiger partial charge is 0.133 e. The molecule has 2 aromatic rings. The Morgan fingerprint density at radius 2 is 1.79 bits per heavy atom. The number of benzene rings is 2. The minimum Gasteiger partial charge on any atom is -0.496 e. The van der Waals surface area contributed by atoms with Crippen molar-refractivity contribution in [1.82, 2.24) is 0 Å². The van der Waals surface area contributed by atoms with E-state index in [9.17, 15) is 0 Å². The van der Waals surface area contributed by atoms with Crippen LogP contribution in [0, 0.1) is 6.92 Å². The molecule has 2 aromatic carbocycles. The van der Waals surface area contributed by atoms with Crippen LogP contribution >= 0.6 is 27.5 Å². The standard InChI is InChI=1S/C15H15BrClNO/c1-9-3-4-11(8-13(9)17)15(18)10-5-6-14(19-2)12(16)7-10/h3-8,15H,18H2,1-2H3. The van der Waals surface area contributed by atoms with Crippen LogP contribution in [-0.2, 0) is 0 Å². The van der Waals surface area contributed by atoms with Crippen LogP contribution in [0.25, 0.3) is 0 Å². The molecular formula is C15H15BrClNO. The second-order valence-corrected chi connectivity index (χ2v) is 5.64. The fourth-order valence-corrected chi connectivity index (χ4v) is 2.62. The van der Waals surface area contributed by atoms with Crippen LogP contribution in [0.15, 0.2) is 40.9 Å². The molecule has 0 spiro atoms. The first-order valence-electron chi connectivity index (χ1n) is 5.88. The fourth-order valence-electron chi connectivity index (χ4n) is 1.87. The Morgan fingerprint density at radius 3 is 2.37 bits per heavy atom. The molecule has 0 amide bonds. The topological polar surface area (TPSA) is 35.2 Å². The summed E-state index contributed by atoms with van der Waals surface area (Å²) in [6.07, 6.45) is 0. The average molecular weight is 341 g/mol. The molecule has 0 saturated heterocycles. The van der Waals surface area contributed by atoms with Gasteiger partial charge >= 0.3 is 0 Å². The van der Waals surface area contributed by atoms with Crippen molar-refractivity contribution in [1.29, 1.82) is 0 Å². The second-order valence-electron chi connectivity index (χ2n) is 4.38. The van der Waals surface area contributed by atoms with Gasteiger partial charge in [-0.3, -0.25) is 0 Å². The lowest BCUT2D eigenvalue weighted by Gasteiger charge is -2.15. The van der Waals surface area contributed by atoms with Crippen LogP contribution < -0.4 is 10.5 Å². The third kappa shape index (κ3) is 3.11. The van der Waals surface area contributed by atoms with Gasteiger partial charge in [-0.2, -0.15) is 0 Å². The maximum atomic E-state index is 6.28. The first-order valence-corrected chi connectivity index (χ1v) is 7.05. The van der Waals surface area contributed by atoms with E-state index < -0.39 is 0 Å². The van der Waals surface area contributed by atoms with Gasteiger partial charge in [-0.25, -0.2) is 0 Å². The average Bonchev–Trinajstić information content (AvgIpc) is 2.41. The first kappa shape index (κ1) is 14.4. The van der Waals surface area contributed by atoms with E-state index in [-0.39, 0.29) is 6.04 Å². The summed E-state index contributed by atoms with van der Waals surface area (Å²) in [6, 6.07) is 11.5. The van der Waals surface area contributed by atoms with E-state index in [0.29, 0.717) is 0 Å². The first-order chi connectivity index (χ1) is 9.02. The summed E-state index contributed by atoms with van der Waals surface area (Å²) >= 11 is 9.61. The highest BCUT2D eigenvalue weighted by Gasteiger charge is 2.12. The molecule has 0 bridgehead atoms. The van der Waals surface area contributed by atoms with Crippen LogP contribution in [0.2, 0.25) is 5.02 Å². The molecule has 0 saturated carbocycles. The number of methoxy groups -OCH3 is 1. The van der Waals surface area contributed by atoms with E-state index in [1.165, 1.54) is 0 Å². The molecule has 100 valence electrons. The zero-order valence-electron chi connectivity index (χ0n) is 10.8. The number of hydrogen-bond donors (Lipinski definition) is 1. The van der Waals surface area contributed by atoms with E-state index in [1.807, 2.05) is 43.3 Å². The molecule has 0 fully saturated rings. The second kappa shape index (κ2) is 5.95. The van der Waals surface area contributed by atoms with Crippen LogP contribution in [-0.4, -0.2) is 7.11 Å². The molecule has 2 rings (SSSR count). The lowest BCUT2D eigenvalue weighted by molar-refractivity contribution is 0.412. The Balaban J connectivity index is 2.35. The van der Waals surface area contributed by atoms with Crippen LogP contribution in [0.5, 0.6) is 5.75 Å². The summed E-state index contributed by atoms with van der Waals surface area (Å²) in [5, 5.41) is 0.737. The highest BCUT2D eigenvalue weighted by atomic mass is 79.9. The van der Waals surface area contributed by atoms with Crippen molar-refractivity contribution in [2.24, 2.45) is 5.73 Å². The zero-order valence-corrected chi connectivity index (χ0v) is 13.1. The van der Waals surface area contributed by atoms with Crippen molar-refractivity contribution in [2.75, 3.05) is 7.11 Å². The predicted molar refractivity (Wildman–Crippen MR) is 82.9 cm³/mol. The molecule has 2 N–H and O–H groups in total. The minimum absolute atomic E-state index is 0.208. The van der Waals surface area contributed by atoms with Crippen molar-refractivity contribution in [3.05, 3.63) is 62.6 Å². The summed E-state index contributed by atoms with van der Waals surface area (Å²) in [4.78, 5) is 0. The van der Waals surface area contributed by atoms with Crippen molar-refractivity contribution < 1.29 is 4.74 Å². The van der Waals surface area contributed by atoms with E-state index in [1.54, 1.807) is 7.11 Å². The Hall–Kier alpha value is -1.03. The summed E-state index contributed by atoms with van der Waals surface area (Å²) in [6.45, 7) is 1.97. The molecule has 0 aliphatic rings. The van der Waals surface area contributed by atoms with Crippen molar-refractivity contribution in [3.63, 3.8) is 0 Å². The van der Waals surface area contributed by atoms with Gasteiger partial charge in [0.1, 0.15) is 5.75 Å². The molecule has 0 aliphatic heterocycles. The monoisotopic (exact) mass is 339 g/mol. The Kier molecular flexibility index (Phi) is 4.50. The van der Waals surface area contributed by atoms with Gasteiger partial charge in [0, 0.05) is 5.02 Å². The SMILES string of the molecule is COc1ccc(C(N)c2ccc(C)c(Cl)c2)cc1Br. The van der Waals surface area contributed by atoms with Gasteiger partial charge in [0.15, 0.2) is 0 Å². The highest BCUT2D eigenvalue weighted by Crippen LogP contribution is 2.30. The normalized spacial score (nSPS) is 12.3. The lowest BCUT2D eigenvalue weighted by Crippen LogP contribution is -2.12.